The highest BCUT2D eigenvalue weighted by Gasteiger charge is 2.33. The second-order valence-corrected chi connectivity index (χ2v) is 11.0. The Balaban J connectivity index is 2.09. The number of hydrazone groups is 1. The van der Waals surface area contributed by atoms with Crippen molar-refractivity contribution in [3.8, 4) is 11.1 Å². The zero-order valence-electron chi connectivity index (χ0n) is 16.0. The van der Waals surface area contributed by atoms with Crippen LogP contribution in [0.15, 0.2) is 45.2 Å². The van der Waals surface area contributed by atoms with Gasteiger partial charge in [-0.1, -0.05) is 29.5 Å². The number of benzene rings is 2. The molecule has 1 fully saturated rings. The van der Waals surface area contributed by atoms with Crippen LogP contribution < -0.4 is 33.3 Å². The molecule has 0 spiro atoms. The molecule has 0 radical (unpaired) electrons. The van der Waals surface area contributed by atoms with E-state index in [1.165, 1.54) is 17.4 Å². The minimum absolute atomic E-state index is 0.0121. The van der Waals surface area contributed by atoms with Gasteiger partial charge < -0.3 is 16.8 Å². The van der Waals surface area contributed by atoms with Gasteiger partial charge in [0, 0.05) is 24.2 Å². The molecule has 2 heterocycles. The SMILES string of the molecule is NN/N=C(\N)c1c(-c2cccc3nc(N)sc23)ccc(S(=O)C2CNC2)c1S(N)(=O)=O. The first-order chi connectivity index (χ1) is 14.7. The average molecular weight is 481 g/mol. The molecule has 0 bridgehead atoms. The predicted octanol–water partition coefficient (Wildman–Crippen LogP) is -0.644. The minimum atomic E-state index is -4.35. The number of nitrogen functional groups attached to an aromatic ring is 1. The highest BCUT2D eigenvalue weighted by Crippen LogP contribution is 2.39. The predicted molar refractivity (Wildman–Crippen MR) is 122 cm³/mol. The van der Waals surface area contributed by atoms with Gasteiger partial charge in [-0.2, -0.15) is 0 Å². The molecule has 31 heavy (non-hydrogen) atoms. The number of amidine groups is 1. The summed E-state index contributed by atoms with van der Waals surface area (Å²) in [7, 11) is -5.98. The van der Waals surface area contributed by atoms with Crippen LogP contribution in [0.4, 0.5) is 5.13 Å². The lowest BCUT2D eigenvalue weighted by molar-refractivity contribution is 0.525. The molecule has 164 valence electrons. The van der Waals surface area contributed by atoms with Crippen LogP contribution in [0.25, 0.3) is 21.3 Å². The van der Waals surface area contributed by atoms with E-state index in [0.29, 0.717) is 34.9 Å². The van der Waals surface area contributed by atoms with Crippen molar-refractivity contribution in [3.63, 3.8) is 0 Å². The van der Waals surface area contributed by atoms with Crippen LogP contribution in [0.2, 0.25) is 0 Å². The molecule has 1 aromatic heterocycles. The van der Waals surface area contributed by atoms with Crippen molar-refractivity contribution in [1.29, 1.82) is 0 Å². The molecule has 14 heteroatoms. The van der Waals surface area contributed by atoms with Crippen molar-refractivity contribution in [2.24, 2.45) is 21.8 Å². The lowest BCUT2D eigenvalue weighted by Crippen LogP contribution is -2.49. The number of thiazole rings is 1. The second-order valence-electron chi connectivity index (χ2n) is 6.77. The molecule has 2 aromatic carbocycles. The van der Waals surface area contributed by atoms with Gasteiger partial charge in [-0.25, -0.2) is 29.9 Å². The molecular formula is C17H20N8O3S3. The summed E-state index contributed by atoms with van der Waals surface area (Å²) in [5.74, 6) is 5.07. The van der Waals surface area contributed by atoms with Crippen LogP contribution in [0, 0.1) is 0 Å². The van der Waals surface area contributed by atoms with Crippen LogP contribution in [0.3, 0.4) is 0 Å². The summed E-state index contributed by atoms with van der Waals surface area (Å²) in [5.41, 5.74) is 15.8. The summed E-state index contributed by atoms with van der Waals surface area (Å²) < 4.78 is 39.2. The third kappa shape index (κ3) is 3.88. The number of hydrazine groups is 1. The van der Waals surface area contributed by atoms with Crippen molar-refractivity contribution in [1.82, 2.24) is 15.8 Å². The molecule has 1 aliphatic rings. The maximum absolute atomic E-state index is 13.1. The molecule has 10 N–H and O–H groups in total. The summed E-state index contributed by atoms with van der Waals surface area (Å²) in [6.07, 6.45) is 0. The van der Waals surface area contributed by atoms with E-state index in [-0.39, 0.29) is 26.4 Å². The molecule has 1 atom stereocenters. The average Bonchev–Trinajstić information content (AvgIpc) is 3.05. The number of rotatable bonds is 6. The van der Waals surface area contributed by atoms with Crippen LogP contribution in [0.5, 0.6) is 0 Å². The first-order valence-electron chi connectivity index (χ1n) is 8.98. The van der Waals surface area contributed by atoms with Gasteiger partial charge in [0.2, 0.25) is 10.0 Å². The Morgan fingerprint density at radius 3 is 2.61 bits per heavy atom. The van der Waals surface area contributed by atoms with Gasteiger partial charge in [-0.3, -0.25) is 4.21 Å². The molecule has 1 saturated heterocycles. The molecule has 4 rings (SSSR count). The number of anilines is 1. The first kappa shape index (κ1) is 21.6. The van der Waals surface area contributed by atoms with Gasteiger partial charge in [-0.05, 0) is 17.7 Å². The van der Waals surface area contributed by atoms with Crippen molar-refractivity contribution in [2.45, 2.75) is 15.0 Å². The van der Waals surface area contributed by atoms with Crippen molar-refractivity contribution in [3.05, 3.63) is 35.9 Å². The zero-order valence-corrected chi connectivity index (χ0v) is 18.5. The van der Waals surface area contributed by atoms with Crippen LogP contribution in [-0.4, -0.2) is 41.8 Å². The molecule has 3 aromatic rings. The molecule has 11 nitrogen and oxygen atoms in total. The van der Waals surface area contributed by atoms with Crippen molar-refractivity contribution >= 4 is 53.3 Å². The largest absolute Gasteiger partial charge is 0.382 e. The molecule has 1 unspecified atom stereocenters. The summed E-state index contributed by atoms with van der Waals surface area (Å²) in [4.78, 5) is 4.00. The van der Waals surface area contributed by atoms with Gasteiger partial charge in [-0.15, -0.1) is 5.10 Å². The van der Waals surface area contributed by atoms with Crippen LogP contribution >= 0.6 is 11.3 Å². The summed E-state index contributed by atoms with van der Waals surface area (Å²) in [5, 5.41) is 12.5. The lowest BCUT2D eigenvalue weighted by atomic mass is 9.98. The highest BCUT2D eigenvalue weighted by molar-refractivity contribution is 7.91. The number of nitrogens with one attached hydrogen (secondary N) is 2. The Bertz CT molecular complexity index is 1330. The Kier molecular flexibility index (Phi) is 5.67. The number of hydrogen-bond donors (Lipinski definition) is 6. The molecule has 1 aliphatic heterocycles. The smallest absolute Gasteiger partial charge is 0.240 e. The topological polar surface area (TPSA) is 205 Å². The van der Waals surface area contributed by atoms with Crippen LogP contribution in [0.1, 0.15) is 5.56 Å². The molecule has 0 aliphatic carbocycles. The van der Waals surface area contributed by atoms with Gasteiger partial charge >= 0.3 is 0 Å². The summed E-state index contributed by atoms with van der Waals surface area (Å²) >= 11 is 1.25. The second kappa shape index (κ2) is 8.14. The number of primary sulfonamides is 1. The quantitative estimate of drug-likeness (QED) is 0.115. The fourth-order valence-electron chi connectivity index (χ4n) is 3.38. The summed E-state index contributed by atoms with van der Waals surface area (Å²) in [6, 6.07) is 8.48. The van der Waals surface area contributed by atoms with E-state index in [1.54, 1.807) is 24.3 Å². The Morgan fingerprint density at radius 1 is 1.26 bits per heavy atom. The van der Waals surface area contributed by atoms with Gasteiger partial charge in [0.25, 0.3) is 0 Å². The van der Waals surface area contributed by atoms with Crippen LogP contribution in [-0.2, 0) is 20.8 Å². The molecule has 0 amide bonds. The van der Waals surface area contributed by atoms with E-state index >= 15 is 0 Å². The first-order valence-corrected chi connectivity index (χ1v) is 12.6. The Morgan fingerprint density at radius 2 is 2.00 bits per heavy atom. The van der Waals surface area contributed by atoms with Gasteiger partial charge in [0.15, 0.2) is 11.0 Å². The van der Waals surface area contributed by atoms with Crippen molar-refractivity contribution < 1.29 is 12.6 Å². The number of aromatic nitrogens is 1. The van der Waals surface area contributed by atoms with Gasteiger partial charge in [0.05, 0.1) is 31.2 Å². The fraction of sp³-hybridized carbons (Fsp3) is 0.176. The Labute approximate surface area is 184 Å². The fourth-order valence-corrected chi connectivity index (χ4v) is 7.07. The number of hydrogen-bond acceptors (Lipinski definition) is 10. The number of sulfonamides is 1. The Hall–Kier alpha value is -2.62. The number of nitrogens with two attached hydrogens (primary N) is 4. The van der Waals surface area contributed by atoms with E-state index in [9.17, 15) is 12.6 Å². The third-order valence-corrected chi connectivity index (χ3v) is 8.60. The number of nitrogens with zero attached hydrogens (tertiary/aromatic N) is 2. The van der Waals surface area contributed by atoms with E-state index < -0.39 is 20.8 Å². The lowest BCUT2D eigenvalue weighted by Gasteiger charge is -2.27. The normalized spacial score (nSPS) is 16.3. The molecular weight excluding hydrogens is 460 g/mol. The maximum Gasteiger partial charge on any atom is 0.240 e. The minimum Gasteiger partial charge on any atom is -0.382 e. The van der Waals surface area contributed by atoms with E-state index in [4.69, 9.17) is 22.4 Å². The van der Waals surface area contributed by atoms with Crippen molar-refractivity contribution in [2.75, 3.05) is 18.8 Å². The van der Waals surface area contributed by atoms with E-state index in [0.717, 1.165) is 4.70 Å². The number of fused-ring (bicyclic) bond motifs is 1. The zero-order chi connectivity index (χ0) is 22.3. The highest BCUT2D eigenvalue weighted by atomic mass is 32.2. The summed E-state index contributed by atoms with van der Waals surface area (Å²) in [6.45, 7) is 1.00. The van der Waals surface area contributed by atoms with Gasteiger partial charge in [0.1, 0.15) is 4.90 Å². The standard InChI is InChI=1S/C17H20N8O3S3/c18-16(24-25-20)13-9(10-2-1-3-11-14(10)29-17(19)23-11)4-5-12(15(13)31(21,27)28)30(26)8-6-22-7-8/h1-5,8,22,25H,6-7,20H2,(H2,18,24)(H2,19,23)(H2,21,27,28). The van der Waals surface area contributed by atoms with E-state index in [1.807, 2.05) is 0 Å². The third-order valence-electron chi connectivity index (χ3n) is 4.83. The monoisotopic (exact) mass is 480 g/mol. The molecule has 0 saturated carbocycles. The maximum atomic E-state index is 13.1. The van der Waals surface area contributed by atoms with E-state index in [2.05, 4.69) is 20.9 Å².